The van der Waals surface area contributed by atoms with E-state index < -0.39 is 5.82 Å². The van der Waals surface area contributed by atoms with E-state index in [1.165, 1.54) is 18.5 Å². The number of anilines is 1. The van der Waals surface area contributed by atoms with E-state index in [4.69, 9.17) is 0 Å². The Balaban J connectivity index is 1.57. The highest BCUT2D eigenvalue weighted by Gasteiger charge is 2.29. The van der Waals surface area contributed by atoms with Gasteiger partial charge in [0.05, 0.1) is 18.1 Å². The molecule has 1 fully saturated rings. The number of rotatable bonds is 2. The van der Waals surface area contributed by atoms with Gasteiger partial charge < -0.3 is 15.5 Å². The van der Waals surface area contributed by atoms with Gasteiger partial charge in [0, 0.05) is 42.8 Å². The third-order valence-corrected chi connectivity index (χ3v) is 5.09. The third-order valence-electron chi connectivity index (χ3n) is 5.09. The fourth-order valence-electron chi connectivity index (χ4n) is 3.65. The van der Waals surface area contributed by atoms with Crippen LogP contribution in [0.5, 0.6) is 0 Å². The number of piperazine rings is 1. The van der Waals surface area contributed by atoms with Crippen molar-refractivity contribution in [2.24, 2.45) is 0 Å². The molecule has 2 N–H and O–H groups in total. The van der Waals surface area contributed by atoms with Crippen LogP contribution in [0.15, 0.2) is 24.5 Å². The minimum atomic E-state index is -0.488. The lowest BCUT2D eigenvalue weighted by Crippen LogP contribution is -2.58. The van der Waals surface area contributed by atoms with Crippen molar-refractivity contribution in [1.82, 2.24) is 20.2 Å². The fraction of sp³-hybridized carbons (Fsp3) is 0.400. The molecule has 7 nitrogen and oxygen atoms in total. The van der Waals surface area contributed by atoms with Gasteiger partial charge in [-0.15, -0.1) is 0 Å². The van der Waals surface area contributed by atoms with E-state index in [1.54, 1.807) is 11.0 Å². The smallest absolute Gasteiger partial charge is 0.274 e. The third kappa shape index (κ3) is 3.60. The maximum Gasteiger partial charge on any atom is 0.274 e. The molecular weight excluding hydrogens is 361 g/mol. The normalized spacial score (nSPS) is 18.4. The number of carbonyl (C=O) groups excluding carboxylic acids is 2. The summed E-state index contributed by atoms with van der Waals surface area (Å²) < 4.78 is 14.5. The molecule has 1 aromatic carbocycles. The van der Waals surface area contributed by atoms with Crippen LogP contribution in [0.25, 0.3) is 11.3 Å². The summed E-state index contributed by atoms with van der Waals surface area (Å²) in [7, 11) is 0. The second-order valence-corrected chi connectivity index (χ2v) is 7.86. The van der Waals surface area contributed by atoms with Gasteiger partial charge in [0.2, 0.25) is 5.91 Å². The topological polar surface area (TPSA) is 87.2 Å². The molecule has 0 aliphatic carbocycles. The van der Waals surface area contributed by atoms with Crippen molar-refractivity contribution in [1.29, 1.82) is 0 Å². The number of hydrogen-bond acceptors (Lipinski definition) is 5. The summed E-state index contributed by atoms with van der Waals surface area (Å²) in [5, 5.41) is 6.04. The zero-order valence-corrected chi connectivity index (χ0v) is 15.9. The molecule has 8 heteroatoms. The molecule has 2 aromatic rings. The van der Waals surface area contributed by atoms with E-state index in [0.717, 1.165) is 12.1 Å². The van der Waals surface area contributed by atoms with E-state index in [-0.39, 0.29) is 23.0 Å². The van der Waals surface area contributed by atoms with Crippen LogP contribution in [0.4, 0.5) is 10.1 Å². The number of amides is 2. The van der Waals surface area contributed by atoms with Crippen LogP contribution in [0, 0.1) is 5.82 Å². The summed E-state index contributed by atoms with van der Waals surface area (Å²) in [6.45, 7) is 6.00. The first-order valence-electron chi connectivity index (χ1n) is 9.31. The second-order valence-electron chi connectivity index (χ2n) is 7.86. The molecule has 146 valence electrons. The lowest BCUT2D eigenvalue weighted by Gasteiger charge is -2.38. The van der Waals surface area contributed by atoms with Crippen LogP contribution in [-0.4, -0.2) is 51.9 Å². The van der Waals surface area contributed by atoms with E-state index in [1.807, 2.05) is 13.8 Å². The Kier molecular flexibility index (Phi) is 4.58. The molecule has 0 bridgehead atoms. The molecular formula is C20H22FN5O2. The zero-order chi connectivity index (χ0) is 19.9. The average molecular weight is 383 g/mol. The summed E-state index contributed by atoms with van der Waals surface area (Å²) in [5.41, 5.74) is 2.12. The van der Waals surface area contributed by atoms with E-state index in [2.05, 4.69) is 20.6 Å². The van der Waals surface area contributed by atoms with Crippen LogP contribution < -0.4 is 10.6 Å². The molecule has 4 rings (SSSR count). The average Bonchev–Trinajstić information content (AvgIpc) is 2.66. The summed E-state index contributed by atoms with van der Waals surface area (Å²) in [6.07, 6.45) is 3.75. The summed E-state index contributed by atoms with van der Waals surface area (Å²) in [4.78, 5) is 34.4. The highest BCUT2D eigenvalue weighted by atomic mass is 19.1. The van der Waals surface area contributed by atoms with Gasteiger partial charge in [0.1, 0.15) is 11.5 Å². The number of halogens is 1. The number of aromatic nitrogens is 2. The van der Waals surface area contributed by atoms with Crippen molar-refractivity contribution in [3.63, 3.8) is 0 Å². The van der Waals surface area contributed by atoms with Gasteiger partial charge in [-0.25, -0.2) is 9.37 Å². The van der Waals surface area contributed by atoms with E-state index in [9.17, 15) is 14.0 Å². The molecule has 0 radical (unpaired) electrons. The van der Waals surface area contributed by atoms with Crippen LogP contribution in [0.1, 0.15) is 36.3 Å². The summed E-state index contributed by atoms with van der Waals surface area (Å²) in [5.74, 6) is -0.779. The molecule has 0 atom stereocenters. The molecule has 3 heterocycles. The van der Waals surface area contributed by atoms with Crippen LogP contribution >= 0.6 is 0 Å². The first kappa shape index (κ1) is 18.5. The number of nitrogens with one attached hydrogen (secondary N) is 2. The van der Waals surface area contributed by atoms with Crippen LogP contribution in [-0.2, 0) is 11.2 Å². The van der Waals surface area contributed by atoms with Crippen molar-refractivity contribution in [3.05, 3.63) is 41.6 Å². The number of carbonyl (C=O) groups is 2. The molecule has 2 aliphatic heterocycles. The van der Waals surface area contributed by atoms with Gasteiger partial charge in [-0.05, 0) is 38.0 Å². The van der Waals surface area contributed by atoms with Crippen molar-refractivity contribution in [2.75, 3.05) is 25.0 Å². The van der Waals surface area contributed by atoms with Gasteiger partial charge in [-0.2, -0.15) is 0 Å². The molecule has 2 amide bonds. The molecule has 2 aliphatic rings. The Labute approximate surface area is 162 Å². The number of nitrogens with zero attached hydrogens (tertiary/aromatic N) is 3. The lowest BCUT2D eigenvalue weighted by atomic mass is 9.99. The maximum atomic E-state index is 14.5. The minimum absolute atomic E-state index is 0.113. The quantitative estimate of drug-likeness (QED) is 0.828. The van der Waals surface area contributed by atoms with Crippen molar-refractivity contribution in [3.8, 4) is 11.3 Å². The molecule has 1 aromatic heterocycles. The summed E-state index contributed by atoms with van der Waals surface area (Å²) in [6, 6.07) is 3.00. The second kappa shape index (κ2) is 6.94. The van der Waals surface area contributed by atoms with Crippen LogP contribution in [0.3, 0.4) is 0 Å². The molecule has 0 unspecified atom stereocenters. The number of hydrogen-bond donors (Lipinski definition) is 2. The Morgan fingerprint density at radius 3 is 2.75 bits per heavy atom. The zero-order valence-electron chi connectivity index (χ0n) is 15.9. The number of benzene rings is 1. The van der Waals surface area contributed by atoms with Gasteiger partial charge in [0.25, 0.3) is 5.91 Å². The van der Waals surface area contributed by atoms with Gasteiger partial charge in [-0.3, -0.25) is 14.6 Å². The Hall–Kier alpha value is -2.87. The largest absolute Gasteiger partial charge is 0.334 e. The SMILES string of the molecule is CC1(C)CN(C(=O)c2cnc(-c3cc4c(cc3F)NC(=O)CC4)cn2)CCN1. The summed E-state index contributed by atoms with van der Waals surface area (Å²) >= 11 is 0. The molecule has 0 saturated carbocycles. The van der Waals surface area contributed by atoms with Crippen molar-refractivity contribution in [2.45, 2.75) is 32.2 Å². The first-order chi connectivity index (χ1) is 13.3. The molecule has 0 spiro atoms. The fourth-order valence-corrected chi connectivity index (χ4v) is 3.65. The molecule has 28 heavy (non-hydrogen) atoms. The van der Waals surface area contributed by atoms with Crippen molar-refractivity contribution < 1.29 is 14.0 Å². The lowest BCUT2D eigenvalue weighted by molar-refractivity contribution is -0.116. The standard InChI is InChI=1S/C20H22FN5O2/c1-20(2)11-26(6-5-24-20)19(28)17-10-22-16(9-23-17)13-7-12-3-4-18(27)25-15(12)8-14(13)21/h7-10,24H,3-6,11H2,1-2H3,(H,25,27). The highest BCUT2D eigenvalue weighted by molar-refractivity contribution is 5.94. The minimum Gasteiger partial charge on any atom is -0.334 e. The van der Waals surface area contributed by atoms with E-state index >= 15 is 0 Å². The predicted octanol–water partition coefficient (Wildman–Crippen LogP) is 1.99. The molecule has 1 saturated heterocycles. The predicted molar refractivity (Wildman–Crippen MR) is 102 cm³/mol. The highest BCUT2D eigenvalue weighted by Crippen LogP contribution is 2.30. The van der Waals surface area contributed by atoms with Crippen LogP contribution in [0.2, 0.25) is 0 Å². The van der Waals surface area contributed by atoms with Gasteiger partial charge >= 0.3 is 0 Å². The Morgan fingerprint density at radius 1 is 1.21 bits per heavy atom. The van der Waals surface area contributed by atoms with Gasteiger partial charge in [0.15, 0.2) is 0 Å². The first-order valence-corrected chi connectivity index (χ1v) is 9.31. The van der Waals surface area contributed by atoms with E-state index in [0.29, 0.717) is 42.9 Å². The monoisotopic (exact) mass is 383 g/mol. The Morgan fingerprint density at radius 2 is 2.04 bits per heavy atom. The number of fused-ring (bicyclic) bond motifs is 1. The van der Waals surface area contributed by atoms with Crippen molar-refractivity contribution >= 4 is 17.5 Å². The maximum absolute atomic E-state index is 14.5. The Bertz CT molecular complexity index is 942. The van der Waals surface area contributed by atoms with Gasteiger partial charge in [-0.1, -0.05) is 0 Å². The number of aryl methyl sites for hydroxylation is 1.